The van der Waals surface area contributed by atoms with Gasteiger partial charge < -0.3 is 25.0 Å². The van der Waals surface area contributed by atoms with Crippen LogP contribution in [0.5, 0.6) is 0 Å². The Morgan fingerprint density at radius 3 is 2.32 bits per heavy atom. The van der Waals surface area contributed by atoms with E-state index in [1.54, 1.807) is 20.8 Å². The molecule has 7 heteroatoms. The van der Waals surface area contributed by atoms with Crippen molar-refractivity contribution in [2.45, 2.75) is 51.4 Å². The van der Waals surface area contributed by atoms with Gasteiger partial charge >= 0.3 is 12.1 Å². The number of hydrogen-bond acceptors (Lipinski definition) is 6. The number of rotatable bonds is 6. The minimum absolute atomic E-state index is 0.0218. The van der Waals surface area contributed by atoms with E-state index in [0.717, 1.165) is 0 Å². The second-order valence-corrected chi connectivity index (χ2v) is 5.12. The molecule has 112 valence electrons. The van der Waals surface area contributed by atoms with Gasteiger partial charge in [0.15, 0.2) is 0 Å². The molecule has 0 aliphatic rings. The highest BCUT2D eigenvalue weighted by atomic mass is 16.6. The van der Waals surface area contributed by atoms with Crippen molar-refractivity contribution < 1.29 is 29.3 Å². The lowest BCUT2D eigenvalue weighted by atomic mass is 10.1. The fraction of sp³-hybridized carbons (Fsp3) is 0.833. The van der Waals surface area contributed by atoms with Crippen LogP contribution in [0.25, 0.3) is 0 Å². The summed E-state index contributed by atoms with van der Waals surface area (Å²) in [5.41, 5.74) is -0.666. The Bertz CT molecular complexity index is 299. The Hall–Kier alpha value is -1.34. The summed E-state index contributed by atoms with van der Waals surface area (Å²) in [6, 6.07) is -0.779. The molecule has 2 atom stereocenters. The summed E-state index contributed by atoms with van der Waals surface area (Å²) in [6.45, 7) is 4.59. The zero-order valence-corrected chi connectivity index (χ0v) is 11.8. The van der Waals surface area contributed by atoms with Crippen molar-refractivity contribution in [3.05, 3.63) is 0 Å². The van der Waals surface area contributed by atoms with Crippen LogP contribution < -0.4 is 5.32 Å². The topological polar surface area (TPSA) is 105 Å². The molecule has 0 aliphatic heterocycles. The van der Waals surface area contributed by atoms with Gasteiger partial charge in [-0.25, -0.2) is 4.79 Å². The third-order valence-corrected chi connectivity index (χ3v) is 2.24. The molecule has 0 bridgehead atoms. The zero-order chi connectivity index (χ0) is 15.1. The molecule has 0 rings (SSSR count). The Balaban J connectivity index is 4.43. The van der Waals surface area contributed by atoms with Gasteiger partial charge in [-0.15, -0.1) is 0 Å². The molecule has 7 nitrogen and oxygen atoms in total. The Labute approximate surface area is 112 Å². The number of aliphatic hydroxyl groups is 2. The van der Waals surface area contributed by atoms with Gasteiger partial charge in [-0.3, -0.25) is 4.79 Å². The van der Waals surface area contributed by atoms with Crippen molar-refractivity contribution in [1.29, 1.82) is 0 Å². The van der Waals surface area contributed by atoms with E-state index in [1.165, 1.54) is 7.11 Å². The van der Waals surface area contributed by atoms with Gasteiger partial charge in [-0.2, -0.15) is 0 Å². The van der Waals surface area contributed by atoms with Gasteiger partial charge in [-0.05, 0) is 27.2 Å². The highest BCUT2D eigenvalue weighted by Crippen LogP contribution is 2.09. The summed E-state index contributed by atoms with van der Waals surface area (Å²) >= 11 is 0. The number of esters is 1. The molecule has 0 fully saturated rings. The van der Waals surface area contributed by atoms with Gasteiger partial charge in [0.1, 0.15) is 5.60 Å². The number of alkyl carbamates (subject to hydrolysis) is 1. The van der Waals surface area contributed by atoms with Crippen LogP contribution in [0.4, 0.5) is 4.79 Å². The van der Waals surface area contributed by atoms with Crippen molar-refractivity contribution in [2.24, 2.45) is 0 Å². The van der Waals surface area contributed by atoms with Crippen LogP contribution in [-0.2, 0) is 14.3 Å². The van der Waals surface area contributed by atoms with E-state index in [-0.39, 0.29) is 12.8 Å². The molecule has 0 spiro atoms. The van der Waals surface area contributed by atoms with Crippen molar-refractivity contribution >= 4 is 12.1 Å². The molecule has 0 saturated heterocycles. The van der Waals surface area contributed by atoms with E-state index in [9.17, 15) is 14.7 Å². The van der Waals surface area contributed by atoms with Crippen LogP contribution in [0.3, 0.4) is 0 Å². The van der Waals surface area contributed by atoms with Gasteiger partial charge in [0.2, 0.25) is 0 Å². The summed E-state index contributed by atoms with van der Waals surface area (Å²) in [5, 5.41) is 20.9. The molecular formula is C12H23NO6. The SMILES string of the molecule is COC(=O)CC[C@H](NC(=O)OC(C)(C)C)[C@H](O)CO. The molecule has 0 heterocycles. The molecule has 3 N–H and O–H groups in total. The van der Waals surface area contributed by atoms with Crippen LogP contribution in [0, 0.1) is 0 Å². The van der Waals surface area contributed by atoms with E-state index < -0.39 is 36.4 Å². The second-order valence-electron chi connectivity index (χ2n) is 5.12. The maximum atomic E-state index is 11.6. The monoisotopic (exact) mass is 277 g/mol. The highest BCUT2D eigenvalue weighted by molar-refractivity contribution is 5.70. The lowest BCUT2D eigenvalue weighted by Gasteiger charge is -2.25. The molecular weight excluding hydrogens is 254 g/mol. The summed E-state index contributed by atoms with van der Waals surface area (Å²) in [4.78, 5) is 22.6. The van der Waals surface area contributed by atoms with E-state index >= 15 is 0 Å². The first-order valence-corrected chi connectivity index (χ1v) is 6.05. The number of methoxy groups -OCH3 is 1. The van der Waals surface area contributed by atoms with Gasteiger partial charge in [0.25, 0.3) is 0 Å². The van der Waals surface area contributed by atoms with E-state index in [1.807, 2.05) is 0 Å². The lowest BCUT2D eigenvalue weighted by Crippen LogP contribution is -2.47. The third kappa shape index (κ3) is 8.39. The number of amides is 1. The molecule has 1 amide bonds. The molecule has 19 heavy (non-hydrogen) atoms. The van der Waals surface area contributed by atoms with Crippen LogP contribution in [0.1, 0.15) is 33.6 Å². The summed E-state index contributed by atoms with van der Waals surface area (Å²) < 4.78 is 9.51. The minimum atomic E-state index is -1.17. The van der Waals surface area contributed by atoms with Crippen LogP contribution in [0.2, 0.25) is 0 Å². The summed E-state index contributed by atoms with van der Waals surface area (Å²) in [5.74, 6) is -0.457. The van der Waals surface area contributed by atoms with E-state index in [4.69, 9.17) is 9.84 Å². The normalized spacial score (nSPS) is 14.4. The van der Waals surface area contributed by atoms with Crippen LogP contribution in [-0.4, -0.2) is 53.7 Å². The smallest absolute Gasteiger partial charge is 0.407 e. The standard InChI is InChI=1S/C12H23NO6/c1-12(2,3)19-11(17)13-8(9(15)7-14)5-6-10(16)18-4/h8-9,14-15H,5-7H2,1-4H3,(H,13,17)/t8-,9+/m0/s1. The van der Waals surface area contributed by atoms with E-state index in [2.05, 4.69) is 10.1 Å². The average Bonchev–Trinajstić information content (AvgIpc) is 2.30. The van der Waals surface area contributed by atoms with Gasteiger partial charge in [0, 0.05) is 6.42 Å². The molecule has 0 aliphatic carbocycles. The fourth-order valence-corrected chi connectivity index (χ4v) is 1.32. The number of nitrogens with one attached hydrogen (secondary N) is 1. The predicted octanol–water partition coefficient (Wildman–Crippen LogP) is 0.186. The Morgan fingerprint density at radius 1 is 1.32 bits per heavy atom. The highest BCUT2D eigenvalue weighted by Gasteiger charge is 2.24. The van der Waals surface area contributed by atoms with Crippen molar-refractivity contribution in [3.63, 3.8) is 0 Å². The van der Waals surface area contributed by atoms with E-state index in [0.29, 0.717) is 0 Å². The van der Waals surface area contributed by atoms with Crippen LogP contribution >= 0.6 is 0 Å². The zero-order valence-electron chi connectivity index (χ0n) is 11.8. The van der Waals surface area contributed by atoms with Crippen molar-refractivity contribution in [3.8, 4) is 0 Å². The number of aliphatic hydroxyl groups excluding tert-OH is 2. The second kappa shape index (κ2) is 7.96. The summed E-state index contributed by atoms with van der Waals surface area (Å²) in [7, 11) is 1.25. The molecule has 0 unspecified atom stereocenters. The first kappa shape index (κ1) is 17.7. The van der Waals surface area contributed by atoms with Crippen molar-refractivity contribution in [1.82, 2.24) is 5.32 Å². The molecule has 0 aromatic rings. The largest absolute Gasteiger partial charge is 0.469 e. The maximum absolute atomic E-state index is 11.6. The number of carbonyl (C=O) groups is 2. The molecule has 0 aromatic carbocycles. The first-order valence-electron chi connectivity index (χ1n) is 6.05. The average molecular weight is 277 g/mol. The van der Waals surface area contributed by atoms with Gasteiger partial charge in [0.05, 0.1) is 25.9 Å². The molecule has 0 aromatic heterocycles. The molecule has 0 radical (unpaired) electrons. The summed E-state index contributed by atoms with van der Waals surface area (Å²) in [6.07, 6.45) is -1.71. The molecule has 0 saturated carbocycles. The lowest BCUT2D eigenvalue weighted by molar-refractivity contribution is -0.141. The van der Waals surface area contributed by atoms with Gasteiger partial charge in [-0.1, -0.05) is 0 Å². The number of ether oxygens (including phenoxy) is 2. The van der Waals surface area contributed by atoms with Crippen molar-refractivity contribution in [2.75, 3.05) is 13.7 Å². The number of hydrogen-bond donors (Lipinski definition) is 3. The number of carbonyl (C=O) groups excluding carboxylic acids is 2. The van der Waals surface area contributed by atoms with Crippen LogP contribution in [0.15, 0.2) is 0 Å². The third-order valence-electron chi connectivity index (χ3n) is 2.24. The predicted molar refractivity (Wildman–Crippen MR) is 67.5 cm³/mol. The fourth-order valence-electron chi connectivity index (χ4n) is 1.32. The first-order chi connectivity index (χ1) is 8.69. The minimum Gasteiger partial charge on any atom is -0.469 e. The Morgan fingerprint density at radius 2 is 1.89 bits per heavy atom. The maximum Gasteiger partial charge on any atom is 0.407 e. The quantitative estimate of drug-likeness (QED) is 0.598. The Kier molecular flexibility index (Phi) is 7.40.